The molecule has 1 heterocycles. The van der Waals surface area contributed by atoms with E-state index >= 15 is 0 Å². The number of thiazole rings is 1. The molecule has 174 valence electrons. The van der Waals surface area contributed by atoms with Gasteiger partial charge in [-0.25, -0.2) is 17.7 Å². The quantitative estimate of drug-likeness (QED) is 0.483. The van der Waals surface area contributed by atoms with E-state index in [9.17, 15) is 18.0 Å². The van der Waals surface area contributed by atoms with Crippen molar-refractivity contribution in [3.05, 3.63) is 70.0 Å². The van der Waals surface area contributed by atoms with E-state index in [-0.39, 0.29) is 22.9 Å². The number of nitrogens with one attached hydrogen (secondary N) is 2. The van der Waals surface area contributed by atoms with Gasteiger partial charge in [0, 0.05) is 37.1 Å². The van der Waals surface area contributed by atoms with Crippen molar-refractivity contribution < 1.29 is 18.0 Å². The predicted octanol–water partition coefficient (Wildman–Crippen LogP) is 2.46. The maximum Gasteiger partial charge on any atom is 0.251 e. The Morgan fingerprint density at radius 1 is 1.06 bits per heavy atom. The lowest BCUT2D eigenvalue weighted by molar-refractivity contribution is -0.120. The van der Waals surface area contributed by atoms with Crippen molar-refractivity contribution in [1.29, 1.82) is 0 Å². The van der Waals surface area contributed by atoms with Crippen LogP contribution in [0, 0.1) is 6.92 Å². The SMILES string of the molecule is Cc1nc(-c2ccc(CCNC(=O)CNC(=O)c3cccc(S(=O)(=O)N(C)C)c3)cc2)cs1. The summed E-state index contributed by atoms with van der Waals surface area (Å²) in [5.74, 6) is -0.844. The molecule has 33 heavy (non-hydrogen) atoms. The molecule has 0 radical (unpaired) electrons. The maximum atomic E-state index is 12.3. The number of rotatable bonds is 9. The van der Waals surface area contributed by atoms with Crippen LogP contribution in [0.5, 0.6) is 0 Å². The van der Waals surface area contributed by atoms with Crippen molar-refractivity contribution in [1.82, 2.24) is 19.9 Å². The van der Waals surface area contributed by atoms with E-state index in [0.29, 0.717) is 13.0 Å². The van der Waals surface area contributed by atoms with Crippen molar-refractivity contribution in [3.63, 3.8) is 0 Å². The van der Waals surface area contributed by atoms with Gasteiger partial charge in [-0.05, 0) is 37.1 Å². The monoisotopic (exact) mass is 486 g/mol. The summed E-state index contributed by atoms with van der Waals surface area (Å²) < 4.78 is 25.5. The zero-order valence-electron chi connectivity index (χ0n) is 18.7. The number of hydrogen-bond donors (Lipinski definition) is 2. The summed E-state index contributed by atoms with van der Waals surface area (Å²) in [6.45, 7) is 2.20. The second kappa shape index (κ2) is 10.7. The van der Waals surface area contributed by atoms with E-state index in [4.69, 9.17) is 0 Å². The Hall–Kier alpha value is -3.08. The molecule has 0 fully saturated rings. The Bertz CT molecular complexity index is 1240. The van der Waals surface area contributed by atoms with E-state index in [1.54, 1.807) is 11.3 Å². The van der Waals surface area contributed by atoms with Crippen LogP contribution >= 0.6 is 11.3 Å². The van der Waals surface area contributed by atoms with Gasteiger partial charge < -0.3 is 10.6 Å². The fourth-order valence-corrected chi connectivity index (χ4v) is 4.59. The van der Waals surface area contributed by atoms with Crippen LogP contribution in [-0.2, 0) is 21.2 Å². The smallest absolute Gasteiger partial charge is 0.251 e. The van der Waals surface area contributed by atoms with Crippen LogP contribution in [0.3, 0.4) is 0 Å². The molecule has 0 aliphatic carbocycles. The van der Waals surface area contributed by atoms with E-state index in [0.717, 1.165) is 26.1 Å². The Kier molecular flexibility index (Phi) is 7.96. The van der Waals surface area contributed by atoms with E-state index in [2.05, 4.69) is 15.6 Å². The molecular weight excluding hydrogens is 460 g/mol. The normalized spacial score (nSPS) is 11.4. The van der Waals surface area contributed by atoms with Gasteiger partial charge in [0.1, 0.15) is 0 Å². The molecule has 1 aromatic heterocycles. The second-order valence-electron chi connectivity index (χ2n) is 7.55. The first-order valence-corrected chi connectivity index (χ1v) is 12.6. The molecule has 0 aliphatic rings. The lowest BCUT2D eigenvalue weighted by Crippen LogP contribution is -2.37. The molecule has 0 spiro atoms. The van der Waals surface area contributed by atoms with Crippen LogP contribution in [0.2, 0.25) is 0 Å². The van der Waals surface area contributed by atoms with Crippen molar-refractivity contribution in [2.45, 2.75) is 18.2 Å². The topological polar surface area (TPSA) is 108 Å². The van der Waals surface area contributed by atoms with Crippen molar-refractivity contribution in [3.8, 4) is 11.3 Å². The van der Waals surface area contributed by atoms with Crippen molar-refractivity contribution >= 4 is 33.2 Å². The third-order valence-corrected chi connectivity index (χ3v) is 7.47. The fraction of sp³-hybridized carbons (Fsp3) is 0.261. The summed E-state index contributed by atoms with van der Waals surface area (Å²) in [6, 6.07) is 13.7. The summed E-state index contributed by atoms with van der Waals surface area (Å²) in [5.41, 5.74) is 3.25. The van der Waals surface area contributed by atoms with Gasteiger partial charge in [-0.2, -0.15) is 0 Å². The predicted molar refractivity (Wildman–Crippen MR) is 129 cm³/mol. The summed E-state index contributed by atoms with van der Waals surface area (Å²) >= 11 is 1.61. The molecule has 0 unspecified atom stereocenters. The number of hydrogen-bond acceptors (Lipinski definition) is 6. The summed E-state index contributed by atoms with van der Waals surface area (Å²) in [4.78, 5) is 28.9. The molecule has 0 aliphatic heterocycles. The third-order valence-electron chi connectivity index (χ3n) is 4.89. The Labute approximate surface area is 197 Å². The highest BCUT2D eigenvalue weighted by molar-refractivity contribution is 7.89. The number of benzene rings is 2. The lowest BCUT2D eigenvalue weighted by Gasteiger charge is -2.12. The Morgan fingerprint density at radius 2 is 1.79 bits per heavy atom. The number of sulfonamides is 1. The number of nitrogens with zero attached hydrogens (tertiary/aromatic N) is 2. The lowest BCUT2D eigenvalue weighted by atomic mass is 10.1. The molecule has 3 aromatic rings. The van der Waals surface area contributed by atoms with Gasteiger partial charge in [-0.3, -0.25) is 9.59 Å². The van der Waals surface area contributed by atoms with E-state index < -0.39 is 15.9 Å². The molecule has 0 saturated carbocycles. The molecular formula is C23H26N4O4S2. The molecule has 3 rings (SSSR count). The third kappa shape index (κ3) is 6.47. The second-order valence-corrected chi connectivity index (χ2v) is 10.8. The molecule has 10 heteroatoms. The number of aromatic nitrogens is 1. The number of carbonyl (C=O) groups is 2. The Balaban J connectivity index is 1.46. The van der Waals surface area contributed by atoms with Crippen LogP contribution in [0.25, 0.3) is 11.3 Å². The molecule has 0 saturated heterocycles. The summed E-state index contributed by atoms with van der Waals surface area (Å²) in [7, 11) is -0.811. The van der Waals surface area contributed by atoms with Crippen LogP contribution in [0.15, 0.2) is 58.8 Å². The standard InChI is InChI=1S/C23H26N4O4S2/c1-16-26-21(15-32-16)18-9-7-17(8-10-18)11-12-24-22(28)14-25-23(29)19-5-4-6-20(13-19)33(30,31)27(2)3/h4-10,13,15H,11-12,14H2,1-3H3,(H,24,28)(H,25,29). The highest BCUT2D eigenvalue weighted by atomic mass is 32.2. The van der Waals surface area contributed by atoms with Gasteiger partial charge in [0.25, 0.3) is 5.91 Å². The van der Waals surface area contributed by atoms with Crippen LogP contribution < -0.4 is 10.6 Å². The highest BCUT2D eigenvalue weighted by Crippen LogP contribution is 2.21. The summed E-state index contributed by atoms with van der Waals surface area (Å²) in [6.07, 6.45) is 0.653. The molecule has 2 N–H and O–H groups in total. The van der Waals surface area contributed by atoms with Crippen molar-refractivity contribution in [2.24, 2.45) is 0 Å². The average Bonchev–Trinajstić information content (AvgIpc) is 3.24. The van der Waals surface area contributed by atoms with Crippen LogP contribution in [-0.4, -0.2) is 56.7 Å². The van der Waals surface area contributed by atoms with Gasteiger partial charge >= 0.3 is 0 Å². The van der Waals surface area contributed by atoms with Gasteiger partial charge in [-0.15, -0.1) is 11.3 Å². The first-order valence-electron chi connectivity index (χ1n) is 10.3. The molecule has 2 amide bonds. The zero-order chi connectivity index (χ0) is 24.0. The van der Waals surface area contributed by atoms with Crippen LogP contribution in [0.4, 0.5) is 0 Å². The molecule has 0 atom stereocenters. The van der Waals surface area contributed by atoms with Gasteiger partial charge in [-0.1, -0.05) is 30.3 Å². The minimum atomic E-state index is -3.65. The summed E-state index contributed by atoms with van der Waals surface area (Å²) in [5, 5.41) is 8.34. The highest BCUT2D eigenvalue weighted by Gasteiger charge is 2.19. The maximum absolute atomic E-state index is 12.3. The van der Waals surface area contributed by atoms with Gasteiger partial charge in [0.15, 0.2) is 0 Å². The van der Waals surface area contributed by atoms with E-state index in [1.807, 2.05) is 36.6 Å². The average molecular weight is 487 g/mol. The van der Waals surface area contributed by atoms with Gasteiger partial charge in [0.05, 0.1) is 22.1 Å². The number of carbonyl (C=O) groups excluding carboxylic acids is 2. The minimum absolute atomic E-state index is 0.0144. The fourth-order valence-electron chi connectivity index (χ4n) is 3.02. The minimum Gasteiger partial charge on any atom is -0.354 e. The largest absolute Gasteiger partial charge is 0.354 e. The first-order chi connectivity index (χ1) is 15.7. The molecule has 8 nitrogen and oxygen atoms in total. The van der Waals surface area contributed by atoms with E-state index in [1.165, 1.54) is 38.4 Å². The van der Waals surface area contributed by atoms with Gasteiger partial charge in [0.2, 0.25) is 15.9 Å². The van der Waals surface area contributed by atoms with Crippen LogP contribution in [0.1, 0.15) is 20.9 Å². The van der Waals surface area contributed by atoms with Crippen molar-refractivity contribution in [2.75, 3.05) is 27.2 Å². The number of amides is 2. The molecule has 2 aromatic carbocycles. The first kappa shape index (κ1) is 24.6. The zero-order valence-corrected chi connectivity index (χ0v) is 20.3. The molecule has 0 bridgehead atoms. The number of aryl methyl sites for hydroxylation is 1. The Morgan fingerprint density at radius 3 is 2.42 bits per heavy atom.